The minimum atomic E-state index is -0.157. The van der Waals surface area contributed by atoms with Gasteiger partial charge in [-0.3, -0.25) is 4.79 Å². The summed E-state index contributed by atoms with van der Waals surface area (Å²) in [5.74, 6) is 0. The lowest BCUT2D eigenvalue weighted by atomic mass is 10.0. The zero-order valence-corrected chi connectivity index (χ0v) is 19.5. The molecule has 1 saturated heterocycles. The predicted molar refractivity (Wildman–Crippen MR) is 134 cm³/mol. The van der Waals surface area contributed by atoms with Crippen molar-refractivity contribution in [1.29, 1.82) is 0 Å². The zero-order valence-electron chi connectivity index (χ0n) is 18.7. The Bertz CT molecular complexity index is 1060. The highest BCUT2D eigenvalue weighted by Crippen LogP contribution is 2.26. The van der Waals surface area contributed by atoms with Crippen molar-refractivity contribution in [2.24, 2.45) is 0 Å². The van der Waals surface area contributed by atoms with Crippen LogP contribution in [0.3, 0.4) is 0 Å². The third kappa shape index (κ3) is 6.09. The van der Waals surface area contributed by atoms with Crippen LogP contribution in [0.25, 0.3) is 22.0 Å². The Labute approximate surface area is 195 Å². The molecule has 2 aromatic carbocycles. The number of likely N-dealkylation sites (tertiary alicyclic amines) is 1. The molecule has 3 aromatic rings. The van der Waals surface area contributed by atoms with E-state index in [0.717, 1.165) is 41.8 Å². The minimum Gasteiger partial charge on any atom is -0.385 e. The summed E-state index contributed by atoms with van der Waals surface area (Å²) < 4.78 is 5.51. The lowest BCUT2D eigenvalue weighted by molar-refractivity contribution is 0.0309. The van der Waals surface area contributed by atoms with Crippen LogP contribution < -0.4 is 10.9 Å². The summed E-state index contributed by atoms with van der Waals surface area (Å²) in [6, 6.07) is 15.8. The summed E-state index contributed by atoms with van der Waals surface area (Å²) in [5, 5.41) is 12.0. The van der Waals surface area contributed by atoms with Crippen molar-refractivity contribution >= 4 is 28.9 Å². The third-order valence-electron chi connectivity index (χ3n) is 6.11. The molecule has 6 nitrogen and oxygen atoms in total. The molecule has 0 radical (unpaired) electrons. The summed E-state index contributed by atoms with van der Waals surface area (Å²) in [7, 11) is 1.82. The van der Waals surface area contributed by atoms with Gasteiger partial charge in [-0.2, -0.15) is 5.10 Å². The fourth-order valence-electron chi connectivity index (χ4n) is 4.39. The molecule has 0 bridgehead atoms. The van der Waals surface area contributed by atoms with Gasteiger partial charge in [0.25, 0.3) is 5.56 Å². The Hall–Kier alpha value is -2.41. The molecule has 1 atom stereocenters. The Morgan fingerprint density at radius 2 is 1.97 bits per heavy atom. The molecule has 2 heterocycles. The highest BCUT2D eigenvalue weighted by atomic mass is 35.5. The van der Waals surface area contributed by atoms with Gasteiger partial charge in [0.05, 0.1) is 17.2 Å². The van der Waals surface area contributed by atoms with Crippen molar-refractivity contribution in [2.45, 2.75) is 38.2 Å². The van der Waals surface area contributed by atoms with Crippen LogP contribution in [0.15, 0.2) is 53.3 Å². The van der Waals surface area contributed by atoms with Gasteiger partial charge in [-0.1, -0.05) is 36.8 Å². The highest BCUT2D eigenvalue weighted by Gasteiger charge is 2.18. The van der Waals surface area contributed by atoms with E-state index in [0.29, 0.717) is 11.5 Å². The first kappa shape index (κ1) is 24.2. The van der Waals surface area contributed by atoms with Crippen LogP contribution in [0, 0.1) is 0 Å². The number of H-pyrrole nitrogens is 1. The van der Waals surface area contributed by atoms with Crippen molar-refractivity contribution in [3.8, 4) is 11.3 Å². The van der Waals surface area contributed by atoms with E-state index in [9.17, 15) is 4.79 Å². The van der Waals surface area contributed by atoms with E-state index in [1.54, 1.807) is 0 Å². The number of halogens is 1. The zero-order chi connectivity index (χ0) is 21.5. The fourth-order valence-corrected chi connectivity index (χ4v) is 4.39. The molecule has 4 rings (SSSR count). The van der Waals surface area contributed by atoms with E-state index >= 15 is 0 Å². The van der Waals surface area contributed by atoms with Gasteiger partial charge >= 0.3 is 0 Å². The van der Waals surface area contributed by atoms with Crippen molar-refractivity contribution in [3.05, 3.63) is 58.9 Å². The van der Waals surface area contributed by atoms with Crippen molar-refractivity contribution in [3.63, 3.8) is 0 Å². The SMILES string of the molecule is CO[C@H]1CCCN(CCCCCNc2cccc(-c3n[nH]c(=O)c4ccccc34)c2)C1.Cl. The largest absolute Gasteiger partial charge is 0.385 e. The lowest BCUT2D eigenvalue weighted by Crippen LogP contribution is -2.39. The van der Waals surface area contributed by atoms with Gasteiger partial charge in [0.15, 0.2) is 0 Å². The second-order valence-corrected chi connectivity index (χ2v) is 8.32. The molecule has 0 aliphatic carbocycles. The van der Waals surface area contributed by atoms with E-state index in [-0.39, 0.29) is 18.0 Å². The number of rotatable bonds is 9. The van der Waals surface area contributed by atoms with Crippen LogP contribution in [-0.2, 0) is 4.74 Å². The molecule has 0 amide bonds. The summed E-state index contributed by atoms with van der Waals surface area (Å²) in [4.78, 5) is 14.6. The van der Waals surface area contributed by atoms with Gasteiger partial charge in [0, 0.05) is 36.8 Å². The Kier molecular flexibility index (Phi) is 9.09. The van der Waals surface area contributed by atoms with E-state index in [1.807, 2.05) is 43.5 Å². The molecule has 0 spiro atoms. The van der Waals surface area contributed by atoms with E-state index in [4.69, 9.17) is 4.74 Å². The van der Waals surface area contributed by atoms with Crippen molar-refractivity contribution < 1.29 is 4.74 Å². The second-order valence-electron chi connectivity index (χ2n) is 8.32. The maximum Gasteiger partial charge on any atom is 0.272 e. The molecule has 172 valence electrons. The smallest absolute Gasteiger partial charge is 0.272 e. The van der Waals surface area contributed by atoms with Crippen molar-refractivity contribution in [2.75, 3.05) is 38.6 Å². The van der Waals surface area contributed by atoms with Gasteiger partial charge in [0.2, 0.25) is 0 Å². The quantitative estimate of drug-likeness (QED) is 0.456. The minimum absolute atomic E-state index is 0. The molecule has 1 aliphatic heterocycles. The maximum absolute atomic E-state index is 12.0. The van der Waals surface area contributed by atoms with Gasteiger partial charge in [0.1, 0.15) is 0 Å². The molecule has 1 aliphatic rings. The first-order valence-corrected chi connectivity index (χ1v) is 11.3. The summed E-state index contributed by atoms with van der Waals surface area (Å²) in [5.41, 5.74) is 2.72. The van der Waals surface area contributed by atoms with Crippen LogP contribution in [0.2, 0.25) is 0 Å². The van der Waals surface area contributed by atoms with Gasteiger partial charge in [-0.25, -0.2) is 5.10 Å². The Morgan fingerprint density at radius 1 is 1.12 bits per heavy atom. The maximum atomic E-state index is 12.0. The van der Waals surface area contributed by atoms with Crippen LogP contribution >= 0.6 is 12.4 Å². The number of methoxy groups -OCH3 is 1. The monoisotopic (exact) mass is 456 g/mol. The number of aromatic amines is 1. The van der Waals surface area contributed by atoms with Gasteiger partial charge < -0.3 is 15.0 Å². The number of nitrogens with one attached hydrogen (secondary N) is 2. The first-order chi connectivity index (χ1) is 15.2. The summed E-state index contributed by atoms with van der Waals surface area (Å²) >= 11 is 0. The first-order valence-electron chi connectivity index (χ1n) is 11.3. The van der Waals surface area contributed by atoms with Gasteiger partial charge in [-0.15, -0.1) is 12.4 Å². The van der Waals surface area contributed by atoms with Crippen LogP contribution in [0.4, 0.5) is 5.69 Å². The van der Waals surface area contributed by atoms with Gasteiger partial charge in [-0.05, 0) is 57.0 Å². The molecule has 1 fully saturated rings. The lowest BCUT2D eigenvalue weighted by Gasteiger charge is -2.31. The normalized spacial score (nSPS) is 16.6. The molecular weight excluding hydrogens is 424 g/mol. The molecule has 32 heavy (non-hydrogen) atoms. The number of nitrogens with zero attached hydrogens (tertiary/aromatic N) is 2. The standard InChI is InChI=1S/C25H32N4O2.ClH/c1-31-21-11-8-16-29(18-21)15-6-2-5-14-26-20-10-7-9-19(17-20)24-22-12-3-4-13-23(22)25(30)28-27-24;/h3-4,7,9-10,12-13,17,21,26H,2,5-6,8,11,14-16,18H2,1H3,(H,28,30);1H/t21-;/m0./s1. The number of fused-ring (bicyclic) bond motifs is 1. The number of hydrogen-bond donors (Lipinski definition) is 2. The molecule has 2 N–H and O–H groups in total. The Morgan fingerprint density at radius 3 is 2.81 bits per heavy atom. The number of piperidine rings is 1. The van der Waals surface area contributed by atoms with Crippen LogP contribution in [-0.4, -0.2) is 54.5 Å². The van der Waals surface area contributed by atoms with E-state index in [1.165, 1.54) is 38.8 Å². The average molecular weight is 457 g/mol. The van der Waals surface area contributed by atoms with Crippen molar-refractivity contribution in [1.82, 2.24) is 15.1 Å². The number of ether oxygens (including phenoxy) is 1. The van der Waals surface area contributed by atoms with Crippen LogP contribution in [0.5, 0.6) is 0 Å². The van der Waals surface area contributed by atoms with E-state index in [2.05, 4.69) is 32.5 Å². The van der Waals surface area contributed by atoms with E-state index < -0.39 is 0 Å². The molecule has 0 saturated carbocycles. The predicted octanol–water partition coefficient (Wildman–Crippen LogP) is 4.70. The molecular formula is C25H33ClN4O2. The fraction of sp³-hybridized carbons (Fsp3) is 0.440. The number of anilines is 1. The summed E-state index contributed by atoms with van der Waals surface area (Å²) in [6.07, 6.45) is 6.44. The van der Waals surface area contributed by atoms with Crippen LogP contribution in [0.1, 0.15) is 32.1 Å². The topological polar surface area (TPSA) is 70.2 Å². The second kappa shape index (κ2) is 12.0. The number of unbranched alkanes of at least 4 members (excludes halogenated alkanes) is 2. The number of aromatic nitrogens is 2. The number of hydrogen-bond acceptors (Lipinski definition) is 5. The third-order valence-corrected chi connectivity index (χ3v) is 6.11. The summed E-state index contributed by atoms with van der Waals surface area (Å²) in [6.45, 7) is 4.40. The molecule has 0 unspecified atom stereocenters. The highest BCUT2D eigenvalue weighted by molar-refractivity contribution is 5.94. The average Bonchev–Trinajstić information content (AvgIpc) is 2.82. The Balaban J connectivity index is 0.00000289. The molecule has 7 heteroatoms. The molecule has 1 aromatic heterocycles. The number of benzene rings is 2.